The number of anilines is 1. The Morgan fingerprint density at radius 3 is 2.54 bits per heavy atom. The van der Waals surface area contributed by atoms with E-state index in [9.17, 15) is 29.3 Å². The molecule has 0 saturated heterocycles. The number of carbonyl (C=O) groups is 2. The lowest BCUT2D eigenvalue weighted by Gasteiger charge is -2.36. The number of rotatable bonds is 7. The topological polar surface area (TPSA) is 116 Å². The van der Waals surface area contributed by atoms with Gasteiger partial charge in [0.1, 0.15) is 29.5 Å². The first-order valence-corrected chi connectivity index (χ1v) is 11.1. The molecule has 1 amide bonds. The zero-order valence-electron chi connectivity index (χ0n) is 19.3. The Kier molecular flexibility index (Phi) is 6.25. The number of fused-ring (bicyclic) bond motifs is 1. The average molecular weight is 480 g/mol. The summed E-state index contributed by atoms with van der Waals surface area (Å²) in [7, 11) is 0. The maximum Gasteiger partial charge on any atom is 0.338 e. The van der Waals surface area contributed by atoms with E-state index in [2.05, 4.69) is 5.32 Å². The van der Waals surface area contributed by atoms with Gasteiger partial charge in [-0.05, 0) is 59.9 Å². The monoisotopic (exact) mass is 479 g/mol. The number of nitrogens with one attached hydrogen (secondary N) is 1. The first-order chi connectivity index (χ1) is 16.5. The fraction of sp³-hybridized carbons (Fsp3) is 0.259. The summed E-state index contributed by atoms with van der Waals surface area (Å²) in [4.78, 5) is 25.2. The van der Waals surface area contributed by atoms with Gasteiger partial charge in [0, 0.05) is 23.2 Å². The number of aromatic hydroxyl groups is 2. The Morgan fingerprint density at radius 1 is 1.06 bits per heavy atom. The molecule has 0 aliphatic carbocycles. The van der Waals surface area contributed by atoms with Crippen LogP contribution in [0.25, 0.3) is 0 Å². The molecule has 8 heteroatoms. The highest BCUT2D eigenvalue weighted by Gasteiger charge is 2.43. The lowest BCUT2D eigenvalue weighted by atomic mass is 9.72. The van der Waals surface area contributed by atoms with Crippen LogP contribution in [0.15, 0.2) is 60.7 Å². The van der Waals surface area contributed by atoms with Crippen LogP contribution in [0.3, 0.4) is 0 Å². The Morgan fingerprint density at radius 2 is 1.80 bits per heavy atom. The van der Waals surface area contributed by atoms with Crippen LogP contribution >= 0.6 is 0 Å². The molecule has 1 unspecified atom stereocenters. The van der Waals surface area contributed by atoms with E-state index in [0.29, 0.717) is 22.4 Å². The summed E-state index contributed by atoms with van der Waals surface area (Å²) in [5, 5.41) is 35.1. The van der Waals surface area contributed by atoms with Crippen LogP contribution in [0.5, 0.6) is 11.5 Å². The van der Waals surface area contributed by atoms with Crippen LogP contribution in [-0.4, -0.2) is 32.8 Å². The summed E-state index contributed by atoms with van der Waals surface area (Å²) in [6.07, 6.45) is -0.443. The molecule has 1 aliphatic heterocycles. The second kappa shape index (κ2) is 9.03. The van der Waals surface area contributed by atoms with E-state index < -0.39 is 28.7 Å². The molecule has 0 aromatic heterocycles. The number of carbonyl (C=O) groups excluding carboxylic acids is 2. The molecule has 4 rings (SSSR count). The highest BCUT2D eigenvalue weighted by Crippen LogP contribution is 2.40. The van der Waals surface area contributed by atoms with E-state index in [1.165, 1.54) is 30.3 Å². The van der Waals surface area contributed by atoms with Crippen molar-refractivity contribution in [1.82, 2.24) is 0 Å². The molecular formula is C27H26FNO6. The van der Waals surface area contributed by atoms with Gasteiger partial charge in [-0.25, -0.2) is 9.18 Å². The number of cyclic esters (lactones) is 1. The number of para-hydroxylation sites is 1. The SMILES string of the molecule is CC(C)(CC(O)(Cc1ccccc1O)C(=O)Nc1ccc2c(c1)COC2=O)c1cc(F)ccc1O. The molecule has 35 heavy (non-hydrogen) atoms. The maximum atomic E-state index is 14.0. The van der Waals surface area contributed by atoms with Crippen molar-refractivity contribution in [3.63, 3.8) is 0 Å². The zero-order valence-corrected chi connectivity index (χ0v) is 19.3. The van der Waals surface area contributed by atoms with Gasteiger partial charge in [0.15, 0.2) is 0 Å². The summed E-state index contributed by atoms with van der Waals surface area (Å²) >= 11 is 0. The number of hydrogen-bond acceptors (Lipinski definition) is 6. The smallest absolute Gasteiger partial charge is 0.338 e. The summed E-state index contributed by atoms with van der Waals surface area (Å²) < 4.78 is 19.0. The van der Waals surface area contributed by atoms with Crippen molar-refractivity contribution >= 4 is 17.6 Å². The molecule has 3 aromatic carbocycles. The maximum absolute atomic E-state index is 14.0. The van der Waals surface area contributed by atoms with Gasteiger partial charge in [-0.1, -0.05) is 32.0 Å². The Hall–Kier alpha value is -3.91. The molecule has 0 radical (unpaired) electrons. The van der Waals surface area contributed by atoms with E-state index in [-0.39, 0.29) is 36.5 Å². The molecule has 7 nitrogen and oxygen atoms in total. The minimum atomic E-state index is -2.06. The summed E-state index contributed by atoms with van der Waals surface area (Å²) in [5.74, 6) is -2.00. The highest BCUT2D eigenvalue weighted by molar-refractivity contribution is 5.99. The average Bonchev–Trinajstić information content (AvgIpc) is 3.16. The van der Waals surface area contributed by atoms with Crippen molar-refractivity contribution in [2.24, 2.45) is 0 Å². The van der Waals surface area contributed by atoms with Gasteiger partial charge < -0.3 is 25.4 Å². The van der Waals surface area contributed by atoms with Crippen LogP contribution in [-0.2, 0) is 28.0 Å². The zero-order chi connectivity index (χ0) is 25.4. The van der Waals surface area contributed by atoms with E-state index in [0.717, 1.165) is 6.07 Å². The predicted molar refractivity (Wildman–Crippen MR) is 127 cm³/mol. The number of ether oxygens (including phenoxy) is 1. The Balaban J connectivity index is 1.68. The highest BCUT2D eigenvalue weighted by atomic mass is 19.1. The molecule has 1 heterocycles. The molecule has 3 aromatic rings. The number of phenols is 2. The summed E-state index contributed by atoms with van der Waals surface area (Å²) in [6.45, 7) is 3.46. The van der Waals surface area contributed by atoms with Crippen molar-refractivity contribution in [3.8, 4) is 11.5 Å². The number of aliphatic hydroxyl groups is 1. The molecule has 0 fully saturated rings. The van der Waals surface area contributed by atoms with Gasteiger partial charge >= 0.3 is 5.97 Å². The van der Waals surface area contributed by atoms with E-state index in [1.807, 2.05) is 0 Å². The van der Waals surface area contributed by atoms with Gasteiger partial charge in [0.25, 0.3) is 5.91 Å². The third kappa shape index (κ3) is 4.97. The number of hydrogen-bond donors (Lipinski definition) is 4. The molecule has 1 atom stereocenters. The lowest BCUT2D eigenvalue weighted by molar-refractivity contribution is -0.136. The van der Waals surface area contributed by atoms with Crippen molar-refractivity contribution in [2.75, 3.05) is 5.32 Å². The quantitative estimate of drug-likeness (QED) is 0.378. The molecule has 4 N–H and O–H groups in total. The van der Waals surface area contributed by atoms with Crippen LogP contribution in [0.4, 0.5) is 10.1 Å². The van der Waals surface area contributed by atoms with E-state index in [1.54, 1.807) is 38.1 Å². The number of amides is 1. The lowest BCUT2D eigenvalue weighted by Crippen LogP contribution is -2.49. The first kappa shape index (κ1) is 24.2. The minimum absolute atomic E-state index is 0.0849. The summed E-state index contributed by atoms with van der Waals surface area (Å²) in [5.41, 5.74) is -1.15. The molecule has 182 valence electrons. The fourth-order valence-electron chi connectivity index (χ4n) is 4.53. The van der Waals surface area contributed by atoms with Crippen molar-refractivity contribution in [1.29, 1.82) is 0 Å². The number of benzene rings is 3. The van der Waals surface area contributed by atoms with Gasteiger partial charge in [0.2, 0.25) is 0 Å². The van der Waals surface area contributed by atoms with Gasteiger partial charge in [-0.2, -0.15) is 0 Å². The molecule has 1 aliphatic rings. The Labute approximate surface area is 201 Å². The van der Waals surface area contributed by atoms with E-state index in [4.69, 9.17) is 4.74 Å². The third-order valence-electron chi connectivity index (χ3n) is 6.26. The molecular weight excluding hydrogens is 453 g/mol. The van der Waals surface area contributed by atoms with Crippen molar-refractivity contribution in [3.05, 3.63) is 88.7 Å². The second-order valence-corrected chi connectivity index (χ2v) is 9.46. The number of halogens is 1. The first-order valence-electron chi connectivity index (χ1n) is 11.1. The van der Waals surface area contributed by atoms with Gasteiger partial charge in [0.05, 0.1) is 5.56 Å². The van der Waals surface area contributed by atoms with Crippen LogP contribution in [0, 0.1) is 5.82 Å². The third-order valence-corrected chi connectivity index (χ3v) is 6.26. The standard InChI is InChI=1S/C27H26FNO6/c1-26(2,21-12-18(28)7-10-23(21)31)15-27(34,13-16-5-3-4-6-22(16)30)25(33)29-19-8-9-20-17(11-19)14-35-24(20)32/h3-12,30-31,34H,13-15H2,1-2H3,(H,29,33). The van der Waals surface area contributed by atoms with Crippen LogP contribution in [0.2, 0.25) is 0 Å². The van der Waals surface area contributed by atoms with Crippen molar-refractivity contribution in [2.45, 2.75) is 44.3 Å². The molecule has 0 spiro atoms. The molecule has 0 saturated carbocycles. The molecule has 0 bridgehead atoms. The Bertz CT molecular complexity index is 1300. The van der Waals surface area contributed by atoms with Gasteiger partial charge in [-0.15, -0.1) is 0 Å². The van der Waals surface area contributed by atoms with Crippen LogP contribution in [0.1, 0.15) is 47.3 Å². The fourth-order valence-corrected chi connectivity index (χ4v) is 4.53. The number of phenolic OH excluding ortho intramolecular Hbond substituents is 2. The minimum Gasteiger partial charge on any atom is -0.508 e. The van der Waals surface area contributed by atoms with E-state index >= 15 is 0 Å². The predicted octanol–water partition coefficient (Wildman–Crippen LogP) is 4.19. The normalized spacial score (nSPS) is 14.7. The van der Waals surface area contributed by atoms with Crippen molar-refractivity contribution < 1.29 is 34.0 Å². The van der Waals surface area contributed by atoms with Crippen LogP contribution < -0.4 is 5.32 Å². The summed E-state index contributed by atoms with van der Waals surface area (Å²) in [6, 6.07) is 14.5. The second-order valence-electron chi connectivity index (χ2n) is 9.46. The number of esters is 1. The largest absolute Gasteiger partial charge is 0.508 e. The van der Waals surface area contributed by atoms with Gasteiger partial charge in [-0.3, -0.25) is 4.79 Å².